The van der Waals surface area contributed by atoms with Gasteiger partial charge in [0.1, 0.15) is 11.6 Å². The van der Waals surface area contributed by atoms with E-state index >= 15 is 0 Å². The lowest BCUT2D eigenvalue weighted by atomic mass is 9.77. The third kappa shape index (κ3) is 2.04. The lowest BCUT2D eigenvalue weighted by Gasteiger charge is -2.37. The third-order valence-corrected chi connectivity index (χ3v) is 4.55. The van der Waals surface area contributed by atoms with Crippen LogP contribution in [-0.4, -0.2) is 0 Å². The zero-order chi connectivity index (χ0) is 14.4. The minimum atomic E-state index is -0.224. The van der Waals surface area contributed by atoms with Crippen molar-refractivity contribution >= 4 is 5.69 Å². The maximum absolute atomic E-state index is 13.5. The number of hydrogen-bond donors (Lipinski definition) is 1. The van der Waals surface area contributed by atoms with Gasteiger partial charge in [-0.25, -0.2) is 8.78 Å². The molecule has 0 fully saturated rings. The molecule has 1 N–H and O–H groups in total. The minimum Gasteiger partial charge on any atom is -0.378 e. The Morgan fingerprint density at radius 1 is 0.952 bits per heavy atom. The van der Waals surface area contributed by atoms with Gasteiger partial charge in [0.15, 0.2) is 0 Å². The second-order valence-corrected chi connectivity index (χ2v) is 5.76. The van der Waals surface area contributed by atoms with Crippen molar-refractivity contribution in [3.05, 3.63) is 77.4 Å². The predicted molar refractivity (Wildman–Crippen MR) is 79.2 cm³/mol. The molecule has 1 nitrogen and oxygen atoms in total. The molecule has 106 valence electrons. The normalized spacial score (nSPS) is 26.1. The molecule has 0 amide bonds. The second kappa shape index (κ2) is 4.69. The van der Waals surface area contributed by atoms with E-state index in [9.17, 15) is 8.78 Å². The van der Waals surface area contributed by atoms with Crippen molar-refractivity contribution in [2.45, 2.75) is 18.4 Å². The van der Waals surface area contributed by atoms with Gasteiger partial charge < -0.3 is 5.32 Å². The quantitative estimate of drug-likeness (QED) is 0.742. The molecule has 3 unspecified atom stereocenters. The predicted octanol–water partition coefficient (Wildman–Crippen LogP) is 4.79. The smallest absolute Gasteiger partial charge is 0.123 e. The molecule has 0 bridgehead atoms. The van der Waals surface area contributed by atoms with Crippen molar-refractivity contribution in [2.75, 3.05) is 5.32 Å². The van der Waals surface area contributed by atoms with Crippen LogP contribution in [0.25, 0.3) is 0 Å². The summed E-state index contributed by atoms with van der Waals surface area (Å²) in [6, 6.07) is 11.7. The summed E-state index contributed by atoms with van der Waals surface area (Å²) in [5.74, 6) is 0.157. The first-order valence-electron chi connectivity index (χ1n) is 7.20. The number of rotatable bonds is 1. The molecule has 21 heavy (non-hydrogen) atoms. The van der Waals surface area contributed by atoms with Crippen molar-refractivity contribution < 1.29 is 8.78 Å². The lowest BCUT2D eigenvalue weighted by molar-refractivity contribution is 0.423. The van der Waals surface area contributed by atoms with Gasteiger partial charge in [-0.1, -0.05) is 24.3 Å². The minimum absolute atomic E-state index is 0.128. The first-order valence-corrected chi connectivity index (χ1v) is 7.20. The van der Waals surface area contributed by atoms with Gasteiger partial charge in [0, 0.05) is 11.6 Å². The van der Waals surface area contributed by atoms with Crippen molar-refractivity contribution in [1.82, 2.24) is 0 Å². The number of allylic oxidation sites excluding steroid dienone is 2. The van der Waals surface area contributed by atoms with E-state index in [4.69, 9.17) is 0 Å². The molecular formula is C18H15F2N. The van der Waals surface area contributed by atoms with Crippen LogP contribution >= 0.6 is 0 Å². The molecule has 0 saturated carbocycles. The van der Waals surface area contributed by atoms with Gasteiger partial charge in [-0.15, -0.1) is 0 Å². The molecule has 1 aliphatic heterocycles. The van der Waals surface area contributed by atoms with Crippen molar-refractivity contribution in [2.24, 2.45) is 5.92 Å². The fraction of sp³-hybridized carbons (Fsp3) is 0.222. The third-order valence-electron chi connectivity index (χ3n) is 4.55. The molecular weight excluding hydrogens is 268 g/mol. The number of fused-ring (bicyclic) bond motifs is 3. The molecule has 3 heteroatoms. The number of benzene rings is 2. The number of hydrogen-bond acceptors (Lipinski definition) is 1. The lowest BCUT2D eigenvalue weighted by Crippen LogP contribution is -2.29. The van der Waals surface area contributed by atoms with Crippen LogP contribution in [0.4, 0.5) is 14.5 Å². The van der Waals surface area contributed by atoms with Gasteiger partial charge >= 0.3 is 0 Å². The Kier molecular flexibility index (Phi) is 2.81. The van der Waals surface area contributed by atoms with Crippen LogP contribution in [0.15, 0.2) is 54.6 Å². The molecule has 2 aromatic rings. The molecule has 0 saturated heterocycles. The monoisotopic (exact) mass is 283 g/mol. The Labute approximate surface area is 122 Å². The van der Waals surface area contributed by atoms with Gasteiger partial charge in [0.25, 0.3) is 0 Å². The number of nitrogens with one attached hydrogen (secondary N) is 1. The highest BCUT2D eigenvalue weighted by Gasteiger charge is 2.37. The van der Waals surface area contributed by atoms with E-state index in [-0.39, 0.29) is 23.6 Å². The maximum atomic E-state index is 13.5. The Balaban J connectivity index is 1.78. The van der Waals surface area contributed by atoms with Crippen molar-refractivity contribution in [3.63, 3.8) is 0 Å². The van der Waals surface area contributed by atoms with E-state index in [1.54, 1.807) is 12.1 Å². The van der Waals surface area contributed by atoms with Crippen molar-refractivity contribution in [1.29, 1.82) is 0 Å². The number of anilines is 1. The Morgan fingerprint density at radius 3 is 2.52 bits per heavy atom. The Hall–Kier alpha value is -2.16. The molecule has 2 aromatic carbocycles. The fourth-order valence-electron chi connectivity index (χ4n) is 3.57. The average molecular weight is 283 g/mol. The number of halogens is 2. The fourth-order valence-corrected chi connectivity index (χ4v) is 3.57. The van der Waals surface area contributed by atoms with Crippen LogP contribution in [-0.2, 0) is 0 Å². The summed E-state index contributed by atoms with van der Waals surface area (Å²) in [4.78, 5) is 0. The zero-order valence-corrected chi connectivity index (χ0v) is 11.4. The summed E-state index contributed by atoms with van der Waals surface area (Å²) >= 11 is 0. The van der Waals surface area contributed by atoms with Gasteiger partial charge in [-0.2, -0.15) is 0 Å². The van der Waals surface area contributed by atoms with Crippen LogP contribution in [0.5, 0.6) is 0 Å². The summed E-state index contributed by atoms with van der Waals surface area (Å²) in [5.41, 5.74) is 3.07. The molecule has 0 radical (unpaired) electrons. The molecule has 1 heterocycles. The van der Waals surface area contributed by atoms with Gasteiger partial charge in [0.2, 0.25) is 0 Å². The van der Waals surface area contributed by atoms with E-state index in [2.05, 4.69) is 17.5 Å². The van der Waals surface area contributed by atoms with Crippen molar-refractivity contribution in [3.8, 4) is 0 Å². The van der Waals surface area contributed by atoms with Gasteiger partial charge in [-0.3, -0.25) is 0 Å². The van der Waals surface area contributed by atoms with Crippen LogP contribution in [0.2, 0.25) is 0 Å². The molecule has 1 aliphatic carbocycles. The molecule has 2 aliphatic rings. The van der Waals surface area contributed by atoms with E-state index < -0.39 is 0 Å². The Morgan fingerprint density at radius 2 is 1.71 bits per heavy atom. The first-order chi connectivity index (χ1) is 10.2. The highest BCUT2D eigenvalue weighted by atomic mass is 19.1. The van der Waals surface area contributed by atoms with E-state index in [0.717, 1.165) is 23.2 Å². The zero-order valence-electron chi connectivity index (χ0n) is 11.4. The van der Waals surface area contributed by atoms with Gasteiger partial charge in [0.05, 0.1) is 6.04 Å². The van der Waals surface area contributed by atoms with Crippen LogP contribution < -0.4 is 5.32 Å². The van der Waals surface area contributed by atoms with Crippen LogP contribution in [0.3, 0.4) is 0 Å². The molecule has 0 spiro atoms. The topological polar surface area (TPSA) is 12.0 Å². The summed E-state index contributed by atoms with van der Waals surface area (Å²) in [5, 5.41) is 3.50. The summed E-state index contributed by atoms with van der Waals surface area (Å²) < 4.78 is 26.7. The highest BCUT2D eigenvalue weighted by molar-refractivity contribution is 5.59. The SMILES string of the molecule is Fc1ccc(C2Nc3ccc(F)cc3C3C=CCC32)cc1. The van der Waals surface area contributed by atoms with Crippen LogP contribution in [0.1, 0.15) is 29.5 Å². The largest absolute Gasteiger partial charge is 0.378 e. The summed E-state index contributed by atoms with van der Waals surface area (Å²) in [7, 11) is 0. The second-order valence-electron chi connectivity index (χ2n) is 5.76. The summed E-state index contributed by atoms with van der Waals surface area (Å²) in [6.45, 7) is 0. The molecule has 4 rings (SSSR count). The Bertz CT molecular complexity index is 706. The summed E-state index contributed by atoms with van der Waals surface area (Å²) in [6.07, 6.45) is 5.28. The van der Waals surface area contributed by atoms with Crippen LogP contribution in [0, 0.1) is 17.6 Å². The van der Waals surface area contributed by atoms with E-state index in [0.29, 0.717) is 5.92 Å². The highest BCUT2D eigenvalue weighted by Crippen LogP contribution is 2.49. The first kappa shape index (κ1) is 12.6. The van der Waals surface area contributed by atoms with E-state index in [1.807, 2.05) is 12.1 Å². The maximum Gasteiger partial charge on any atom is 0.123 e. The van der Waals surface area contributed by atoms with E-state index in [1.165, 1.54) is 18.2 Å². The standard InChI is InChI=1S/C18H15F2N/c19-12-6-4-11(5-7-12)18-15-3-1-2-14(15)16-10-13(20)8-9-17(16)21-18/h1-2,4-10,14-15,18,21H,3H2. The molecule has 0 aromatic heterocycles. The van der Waals surface area contributed by atoms with Gasteiger partial charge in [-0.05, 0) is 53.8 Å². The molecule has 3 atom stereocenters. The average Bonchev–Trinajstić information content (AvgIpc) is 2.97.